The van der Waals surface area contributed by atoms with E-state index >= 15 is 0 Å². The molecule has 0 amide bonds. The van der Waals surface area contributed by atoms with Crippen LogP contribution in [0, 0.1) is 0 Å². The Morgan fingerprint density at radius 2 is 1.85 bits per heavy atom. The third kappa shape index (κ3) is 4.15. The summed E-state index contributed by atoms with van der Waals surface area (Å²) >= 11 is 6.91. The molecule has 20 heavy (non-hydrogen) atoms. The van der Waals surface area contributed by atoms with Crippen LogP contribution in [0.1, 0.15) is 5.56 Å². The quantitative estimate of drug-likeness (QED) is 0.605. The van der Waals surface area contributed by atoms with E-state index < -0.39 is 0 Å². The molecule has 0 atom stereocenters. The van der Waals surface area contributed by atoms with Gasteiger partial charge >= 0.3 is 0 Å². The van der Waals surface area contributed by atoms with Crippen molar-refractivity contribution in [3.05, 3.63) is 74.3 Å². The smallest absolute Gasteiger partial charge is 0.113 e. The van der Waals surface area contributed by atoms with Crippen LogP contribution in [0.5, 0.6) is 0 Å². The molecule has 0 bridgehead atoms. The molecular weight excluding hydrogens is 379 g/mol. The second kappa shape index (κ2) is 7.00. The first-order valence-electron chi connectivity index (χ1n) is 6.06. The molecule has 0 saturated heterocycles. The molecule has 0 fully saturated rings. The van der Waals surface area contributed by atoms with Gasteiger partial charge in [-0.2, -0.15) is 0 Å². The lowest BCUT2D eigenvalue weighted by Crippen LogP contribution is -2.13. The normalized spacial score (nSPS) is 18.5. The third-order valence-corrected chi connectivity index (χ3v) is 3.91. The number of benzene rings is 1. The van der Waals surface area contributed by atoms with Crippen LogP contribution in [0.15, 0.2) is 68.7 Å². The van der Waals surface area contributed by atoms with Crippen LogP contribution in [-0.4, -0.2) is 7.85 Å². The Morgan fingerprint density at radius 3 is 2.65 bits per heavy atom. The SMILES string of the molecule is [B]C1=C/C=C(NCc2cc(Br)cc(Br)c2N)\C=C/C=C1. The topological polar surface area (TPSA) is 38.0 Å². The predicted octanol–water partition coefficient (Wildman–Crippen LogP) is 3.95. The van der Waals surface area contributed by atoms with E-state index in [0.717, 1.165) is 31.4 Å². The molecule has 2 radical (unpaired) electrons. The zero-order valence-corrected chi connectivity index (χ0v) is 13.9. The highest BCUT2D eigenvalue weighted by molar-refractivity contribution is 9.11. The molecule has 100 valence electrons. The highest BCUT2D eigenvalue weighted by atomic mass is 79.9. The molecule has 1 aliphatic carbocycles. The van der Waals surface area contributed by atoms with Crippen LogP contribution in [0.3, 0.4) is 0 Å². The van der Waals surface area contributed by atoms with Crippen LogP contribution in [0.25, 0.3) is 0 Å². The van der Waals surface area contributed by atoms with Gasteiger partial charge in [0.1, 0.15) is 7.85 Å². The van der Waals surface area contributed by atoms with Gasteiger partial charge in [-0.05, 0) is 45.8 Å². The van der Waals surface area contributed by atoms with Crippen molar-refractivity contribution < 1.29 is 0 Å². The first-order valence-corrected chi connectivity index (χ1v) is 7.64. The highest BCUT2D eigenvalue weighted by Gasteiger charge is 2.05. The van der Waals surface area contributed by atoms with Crippen LogP contribution < -0.4 is 11.1 Å². The second-order valence-electron chi connectivity index (χ2n) is 4.32. The van der Waals surface area contributed by atoms with E-state index in [2.05, 4.69) is 37.2 Å². The molecule has 3 N–H and O–H groups in total. The summed E-state index contributed by atoms with van der Waals surface area (Å²) in [4.78, 5) is 0. The number of halogens is 2. The number of nitrogens with two attached hydrogens (primary N) is 1. The zero-order valence-electron chi connectivity index (χ0n) is 10.7. The van der Waals surface area contributed by atoms with Gasteiger partial charge in [0.15, 0.2) is 0 Å². The van der Waals surface area contributed by atoms with Crippen LogP contribution >= 0.6 is 31.9 Å². The molecule has 2 nitrogen and oxygen atoms in total. The van der Waals surface area contributed by atoms with E-state index in [-0.39, 0.29) is 0 Å². The Kier molecular flexibility index (Phi) is 5.32. The first kappa shape index (κ1) is 15.2. The Bertz CT molecular complexity index is 631. The maximum absolute atomic E-state index is 6.06. The van der Waals surface area contributed by atoms with Gasteiger partial charge in [-0.15, -0.1) is 0 Å². The highest BCUT2D eigenvalue weighted by Crippen LogP contribution is 2.28. The van der Waals surface area contributed by atoms with Gasteiger partial charge in [-0.25, -0.2) is 0 Å². The molecule has 1 aromatic rings. The summed E-state index contributed by atoms with van der Waals surface area (Å²) in [6.45, 7) is 0.636. The third-order valence-electron chi connectivity index (χ3n) is 2.79. The van der Waals surface area contributed by atoms with Gasteiger partial charge in [-0.1, -0.05) is 45.7 Å². The Morgan fingerprint density at radius 1 is 1.10 bits per heavy atom. The van der Waals surface area contributed by atoms with E-state index in [1.54, 1.807) is 0 Å². The van der Waals surface area contributed by atoms with E-state index in [4.69, 9.17) is 13.6 Å². The molecule has 5 heteroatoms. The number of nitrogens with one attached hydrogen (secondary N) is 1. The summed E-state index contributed by atoms with van der Waals surface area (Å²) in [5.74, 6) is 0. The number of anilines is 1. The van der Waals surface area contributed by atoms with Gasteiger partial charge in [-0.3, -0.25) is 0 Å². The molecule has 0 unspecified atom stereocenters. The van der Waals surface area contributed by atoms with Crippen molar-refractivity contribution in [2.75, 3.05) is 5.73 Å². The van der Waals surface area contributed by atoms with E-state index in [1.807, 2.05) is 48.6 Å². The molecule has 0 aromatic heterocycles. The van der Waals surface area contributed by atoms with Crippen molar-refractivity contribution >= 4 is 45.4 Å². The van der Waals surface area contributed by atoms with Crippen molar-refractivity contribution in [3.8, 4) is 0 Å². The Hall–Kier alpha value is -1.20. The second-order valence-corrected chi connectivity index (χ2v) is 6.09. The molecule has 1 aliphatic rings. The number of nitrogen functional groups attached to an aromatic ring is 1. The summed E-state index contributed by atoms with van der Waals surface area (Å²) in [5, 5.41) is 3.34. The molecule has 0 heterocycles. The minimum absolute atomic E-state index is 0.636. The average molecular weight is 392 g/mol. The summed E-state index contributed by atoms with van der Waals surface area (Å²) < 4.78 is 1.88. The lowest BCUT2D eigenvalue weighted by atomic mass is 9.94. The fraction of sp³-hybridized carbons (Fsp3) is 0.0667. The number of hydrogen-bond donors (Lipinski definition) is 2. The molecule has 1 aromatic carbocycles. The Labute approximate surface area is 137 Å². The maximum atomic E-state index is 6.06. The van der Waals surface area contributed by atoms with Crippen LogP contribution in [0.2, 0.25) is 0 Å². The van der Waals surface area contributed by atoms with Crippen molar-refractivity contribution in [1.29, 1.82) is 0 Å². The number of allylic oxidation sites excluding steroid dienone is 7. The van der Waals surface area contributed by atoms with E-state index in [1.165, 1.54) is 0 Å². The zero-order chi connectivity index (χ0) is 14.5. The summed E-state index contributed by atoms with van der Waals surface area (Å²) in [6, 6.07) is 3.94. The largest absolute Gasteiger partial charge is 0.398 e. The minimum atomic E-state index is 0.636. The molecule has 0 saturated carbocycles. The van der Waals surface area contributed by atoms with Crippen LogP contribution in [0.4, 0.5) is 5.69 Å². The van der Waals surface area contributed by atoms with Gasteiger partial charge in [0.25, 0.3) is 0 Å². The van der Waals surface area contributed by atoms with Crippen molar-refractivity contribution in [2.45, 2.75) is 6.54 Å². The van der Waals surface area contributed by atoms with Gasteiger partial charge in [0, 0.05) is 21.2 Å². The Balaban J connectivity index is 2.13. The molecule has 0 spiro atoms. The van der Waals surface area contributed by atoms with E-state index in [0.29, 0.717) is 6.54 Å². The minimum Gasteiger partial charge on any atom is -0.398 e. The molecular formula is C15H13BBr2N2. The number of hydrogen-bond acceptors (Lipinski definition) is 2. The molecule has 0 aliphatic heterocycles. The summed E-state index contributed by atoms with van der Waals surface area (Å²) in [5.41, 5.74) is 9.52. The van der Waals surface area contributed by atoms with Crippen molar-refractivity contribution in [3.63, 3.8) is 0 Å². The van der Waals surface area contributed by atoms with E-state index in [9.17, 15) is 0 Å². The monoisotopic (exact) mass is 390 g/mol. The van der Waals surface area contributed by atoms with Crippen molar-refractivity contribution in [1.82, 2.24) is 5.32 Å². The fourth-order valence-corrected chi connectivity index (χ4v) is 3.04. The lowest BCUT2D eigenvalue weighted by molar-refractivity contribution is 0.834. The number of rotatable bonds is 3. The predicted molar refractivity (Wildman–Crippen MR) is 93.3 cm³/mol. The first-order chi connectivity index (χ1) is 9.56. The summed E-state index contributed by atoms with van der Waals surface area (Å²) in [6.07, 6.45) is 11.5. The maximum Gasteiger partial charge on any atom is 0.113 e. The summed E-state index contributed by atoms with van der Waals surface area (Å²) in [7, 11) is 5.77. The van der Waals surface area contributed by atoms with Crippen molar-refractivity contribution in [2.24, 2.45) is 0 Å². The lowest BCUT2D eigenvalue weighted by Gasteiger charge is -2.12. The molecule has 2 rings (SSSR count). The van der Waals surface area contributed by atoms with Gasteiger partial charge in [0.2, 0.25) is 0 Å². The van der Waals surface area contributed by atoms with Gasteiger partial charge < -0.3 is 11.1 Å². The fourth-order valence-electron chi connectivity index (χ4n) is 1.72. The van der Waals surface area contributed by atoms with Crippen LogP contribution in [-0.2, 0) is 6.54 Å². The average Bonchev–Trinajstić information content (AvgIpc) is 2.39. The van der Waals surface area contributed by atoms with Gasteiger partial charge in [0.05, 0.1) is 5.69 Å². The standard InChI is InChI=1S/C15H13BBr2N2/c16-11-3-1-2-4-13(6-5-11)20-9-10-7-12(17)8-14(18)15(10)19/h1-8,20H,9,19H2/b2-1?,3-1?,4-2-,6-5?,11-3?,11-5?,13-4?,13-6+.